The minimum Gasteiger partial charge on any atom is -0.308 e. The van der Waals surface area contributed by atoms with Crippen molar-refractivity contribution >= 4 is 39.8 Å². The lowest BCUT2D eigenvalue weighted by Gasteiger charge is -2.19. The molecule has 2 rings (SSSR count). The van der Waals surface area contributed by atoms with Gasteiger partial charge >= 0.3 is 6.03 Å². The Morgan fingerprint density at radius 3 is 2.83 bits per heavy atom. The molecular formula is C16H18ClN5OS. The van der Waals surface area contributed by atoms with Crippen LogP contribution in [0.4, 0.5) is 15.6 Å². The molecule has 1 aromatic heterocycles. The molecule has 6 nitrogen and oxygen atoms in total. The molecule has 0 aliphatic rings. The molecule has 0 aliphatic heterocycles. The van der Waals surface area contributed by atoms with Gasteiger partial charge in [0.15, 0.2) is 5.13 Å². The van der Waals surface area contributed by atoms with Crippen LogP contribution in [-0.2, 0) is 6.54 Å². The molecule has 0 radical (unpaired) electrons. The lowest BCUT2D eigenvalue weighted by atomic mass is 10.2. The summed E-state index contributed by atoms with van der Waals surface area (Å²) < 4.78 is 0. The van der Waals surface area contributed by atoms with Crippen molar-refractivity contribution < 1.29 is 4.79 Å². The summed E-state index contributed by atoms with van der Waals surface area (Å²) in [6.07, 6.45) is 0. The average molecular weight is 364 g/mol. The molecule has 0 aliphatic carbocycles. The molecule has 2 amide bonds. The van der Waals surface area contributed by atoms with Gasteiger partial charge in [0.1, 0.15) is 6.07 Å². The summed E-state index contributed by atoms with van der Waals surface area (Å²) in [5.41, 5.74) is 1.78. The molecule has 1 aromatic carbocycles. The molecule has 2 N–H and O–H groups in total. The van der Waals surface area contributed by atoms with Gasteiger partial charge < -0.3 is 5.32 Å². The van der Waals surface area contributed by atoms with Crippen LogP contribution in [0.5, 0.6) is 0 Å². The fraction of sp³-hybridized carbons (Fsp3) is 0.312. The molecule has 0 unspecified atom stereocenters. The van der Waals surface area contributed by atoms with Gasteiger partial charge in [0.2, 0.25) is 0 Å². The number of rotatable bonds is 5. The van der Waals surface area contributed by atoms with Gasteiger partial charge in [0.05, 0.1) is 16.3 Å². The summed E-state index contributed by atoms with van der Waals surface area (Å²) in [7, 11) is 2.03. The highest BCUT2D eigenvalue weighted by molar-refractivity contribution is 7.13. The first kappa shape index (κ1) is 18.2. The molecule has 126 valence electrons. The minimum atomic E-state index is -0.408. The molecule has 24 heavy (non-hydrogen) atoms. The number of nitriles is 1. The van der Waals surface area contributed by atoms with E-state index in [2.05, 4.69) is 34.4 Å². The van der Waals surface area contributed by atoms with E-state index in [-0.39, 0.29) is 0 Å². The zero-order valence-electron chi connectivity index (χ0n) is 13.6. The van der Waals surface area contributed by atoms with Crippen molar-refractivity contribution in [2.45, 2.75) is 26.4 Å². The summed E-state index contributed by atoms with van der Waals surface area (Å²) in [5.74, 6) is 0. The van der Waals surface area contributed by atoms with E-state index in [1.807, 2.05) is 18.5 Å². The number of hydrogen-bond donors (Lipinski definition) is 2. The van der Waals surface area contributed by atoms with E-state index in [0.717, 1.165) is 12.2 Å². The van der Waals surface area contributed by atoms with Gasteiger partial charge in [0.25, 0.3) is 0 Å². The Morgan fingerprint density at radius 2 is 2.21 bits per heavy atom. The molecular weight excluding hydrogens is 346 g/mol. The number of carbonyl (C=O) groups is 1. The van der Waals surface area contributed by atoms with Crippen LogP contribution in [0, 0.1) is 11.3 Å². The first-order valence-electron chi connectivity index (χ1n) is 7.31. The normalized spacial score (nSPS) is 10.7. The van der Waals surface area contributed by atoms with Crippen molar-refractivity contribution in [1.82, 2.24) is 9.88 Å². The van der Waals surface area contributed by atoms with E-state index in [1.165, 1.54) is 17.4 Å². The minimum absolute atomic E-state index is 0.295. The Bertz CT molecular complexity index is 768. The predicted octanol–water partition coefficient (Wildman–Crippen LogP) is 4.15. The quantitative estimate of drug-likeness (QED) is 0.836. The third kappa shape index (κ3) is 4.93. The van der Waals surface area contributed by atoms with E-state index < -0.39 is 6.03 Å². The number of carbonyl (C=O) groups excluding carboxylic acids is 1. The first-order valence-corrected chi connectivity index (χ1v) is 8.57. The van der Waals surface area contributed by atoms with Crippen LogP contribution in [0.3, 0.4) is 0 Å². The number of hydrogen-bond acceptors (Lipinski definition) is 5. The van der Waals surface area contributed by atoms with Gasteiger partial charge in [-0.3, -0.25) is 10.2 Å². The number of benzene rings is 1. The maximum absolute atomic E-state index is 12.0. The van der Waals surface area contributed by atoms with Crippen LogP contribution in [0.25, 0.3) is 0 Å². The highest BCUT2D eigenvalue weighted by atomic mass is 35.5. The molecule has 0 bridgehead atoms. The zero-order valence-corrected chi connectivity index (χ0v) is 15.2. The maximum Gasteiger partial charge on any atom is 0.325 e. The molecule has 8 heteroatoms. The van der Waals surface area contributed by atoms with Gasteiger partial charge in [-0.25, -0.2) is 9.78 Å². The first-order chi connectivity index (χ1) is 11.4. The van der Waals surface area contributed by atoms with Gasteiger partial charge in [-0.05, 0) is 39.1 Å². The fourth-order valence-corrected chi connectivity index (χ4v) is 2.74. The number of urea groups is 1. The highest BCUT2D eigenvalue weighted by Crippen LogP contribution is 2.21. The van der Waals surface area contributed by atoms with Gasteiger partial charge in [-0.15, -0.1) is 11.3 Å². The second kappa shape index (κ2) is 8.11. The van der Waals surface area contributed by atoms with Crippen LogP contribution >= 0.6 is 22.9 Å². The Labute approximate surface area is 150 Å². The molecule has 0 saturated carbocycles. The van der Waals surface area contributed by atoms with Crippen molar-refractivity contribution in [3.63, 3.8) is 0 Å². The fourth-order valence-electron chi connectivity index (χ4n) is 1.82. The Morgan fingerprint density at radius 1 is 1.46 bits per heavy atom. The second-order valence-electron chi connectivity index (χ2n) is 5.54. The lowest BCUT2D eigenvalue weighted by molar-refractivity contribution is 0.261. The molecule has 1 heterocycles. The van der Waals surface area contributed by atoms with Crippen molar-refractivity contribution in [3.8, 4) is 6.07 Å². The molecule has 0 atom stereocenters. The summed E-state index contributed by atoms with van der Waals surface area (Å²) in [4.78, 5) is 18.6. The maximum atomic E-state index is 12.0. The van der Waals surface area contributed by atoms with Crippen LogP contribution < -0.4 is 10.6 Å². The Hall–Kier alpha value is -2.14. The Kier molecular flexibility index (Phi) is 6.15. The molecule has 0 fully saturated rings. The second-order valence-corrected chi connectivity index (χ2v) is 6.80. The summed E-state index contributed by atoms with van der Waals surface area (Å²) in [5, 5.41) is 16.9. The van der Waals surface area contributed by atoms with E-state index in [9.17, 15) is 4.79 Å². The number of nitrogens with zero attached hydrogens (tertiary/aromatic N) is 3. The molecule has 2 aromatic rings. The standard InChI is InChI=1S/C16H18ClN5OS/c1-10(2)22(3)8-13-9-24-16(20-13)21-15(23)19-12-5-4-11(7-18)14(17)6-12/h4-6,9-10H,8H2,1-3H3,(H2,19,20,21,23). The topological polar surface area (TPSA) is 81.0 Å². The zero-order chi connectivity index (χ0) is 17.7. The van der Waals surface area contributed by atoms with E-state index >= 15 is 0 Å². The number of thiazole rings is 1. The smallest absolute Gasteiger partial charge is 0.308 e. The molecule has 0 spiro atoms. The average Bonchev–Trinajstić information content (AvgIpc) is 2.94. The van der Waals surface area contributed by atoms with Gasteiger partial charge in [-0.2, -0.15) is 5.26 Å². The van der Waals surface area contributed by atoms with Crippen LogP contribution in [0.2, 0.25) is 5.02 Å². The van der Waals surface area contributed by atoms with Gasteiger partial charge in [0, 0.05) is 23.7 Å². The number of anilines is 2. The number of halogens is 1. The van der Waals surface area contributed by atoms with Crippen molar-refractivity contribution in [2.75, 3.05) is 17.7 Å². The summed E-state index contributed by atoms with van der Waals surface area (Å²) in [6, 6.07) is 6.69. The van der Waals surface area contributed by atoms with E-state index in [1.54, 1.807) is 12.1 Å². The van der Waals surface area contributed by atoms with Crippen LogP contribution in [0.15, 0.2) is 23.6 Å². The predicted molar refractivity (Wildman–Crippen MR) is 97.5 cm³/mol. The number of aromatic nitrogens is 1. The third-order valence-electron chi connectivity index (χ3n) is 3.41. The third-order valence-corrected chi connectivity index (χ3v) is 4.53. The van der Waals surface area contributed by atoms with Crippen molar-refractivity contribution in [1.29, 1.82) is 5.26 Å². The monoisotopic (exact) mass is 363 g/mol. The summed E-state index contributed by atoms with van der Waals surface area (Å²) >= 11 is 7.31. The van der Waals surface area contributed by atoms with Gasteiger partial charge in [-0.1, -0.05) is 11.6 Å². The van der Waals surface area contributed by atoms with Crippen molar-refractivity contribution in [2.24, 2.45) is 0 Å². The lowest BCUT2D eigenvalue weighted by Crippen LogP contribution is -2.25. The Balaban J connectivity index is 1.94. The van der Waals surface area contributed by atoms with Crippen LogP contribution in [0.1, 0.15) is 25.1 Å². The van der Waals surface area contributed by atoms with Crippen molar-refractivity contribution in [3.05, 3.63) is 39.9 Å². The van der Waals surface area contributed by atoms with E-state index in [4.69, 9.17) is 16.9 Å². The number of amides is 2. The number of nitrogens with one attached hydrogen (secondary N) is 2. The SMILES string of the molecule is CC(C)N(C)Cc1csc(NC(=O)Nc2ccc(C#N)c(Cl)c2)n1. The summed E-state index contributed by atoms with van der Waals surface area (Å²) in [6.45, 7) is 4.95. The van der Waals surface area contributed by atoms with E-state index in [0.29, 0.717) is 27.4 Å². The largest absolute Gasteiger partial charge is 0.325 e. The highest BCUT2D eigenvalue weighted by Gasteiger charge is 2.10. The molecule has 0 saturated heterocycles. The van der Waals surface area contributed by atoms with Crippen LogP contribution in [-0.4, -0.2) is 29.0 Å².